The third-order valence-corrected chi connectivity index (χ3v) is 6.82. The Morgan fingerprint density at radius 2 is 2.06 bits per heavy atom. The molecular weight excluding hydrogens is 424 g/mol. The second-order valence-corrected chi connectivity index (χ2v) is 8.71. The molecule has 1 N–H and O–H groups in total. The summed E-state index contributed by atoms with van der Waals surface area (Å²) in [6, 6.07) is 14.1. The average Bonchev–Trinajstić information content (AvgIpc) is 3.58. The van der Waals surface area contributed by atoms with Gasteiger partial charge in [-0.1, -0.05) is 30.0 Å². The number of hydrogen-bond acceptors (Lipinski definition) is 6. The molecule has 1 atom stereocenters. The van der Waals surface area contributed by atoms with E-state index in [0.717, 1.165) is 70.5 Å². The summed E-state index contributed by atoms with van der Waals surface area (Å²) in [4.78, 5) is 3.35. The molecule has 1 saturated heterocycles. The first kappa shape index (κ1) is 20.9. The van der Waals surface area contributed by atoms with Crippen molar-refractivity contribution in [3.8, 4) is 22.9 Å². The van der Waals surface area contributed by atoms with Crippen molar-refractivity contribution in [3.63, 3.8) is 0 Å². The lowest BCUT2D eigenvalue weighted by Crippen LogP contribution is -2.16. The van der Waals surface area contributed by atoms with E-state index in [2.05, 4.69) is 31.9 Å². The number of rotatable bonds is 8. The Morgan fingerprint density at radius 1 is 1.16 bits per heavy atom. The Morgan fingerprint density at radius 3 is 2.88 bits per heavy atom. The standard InChI is InChI=1S/C24H26N4O3S/c1-29-17-9-10-22(30-2)16(12-17)15-32-24-27-26-23(28(24)14-18-6-5-11-31-18)20-13-25-21-8-4-3-7-19(20)21/h3-4,7-10,12-13,18,25H,5-6,11,14-15H2,1-2H3. The Bertz CT molecular complexity index is 1210. The topological polar surface area (TPSA) is 74.2 Å². The largest absolute Gasteiger partial charge is 0.497 e. The number of aromatic amines is 1. The van der Waals surface area contributed by atoms with Crippen molar-refractivity contribution in [1.29, 1.82) is 0 Å². The molecule has 1 aliphatic heterocycles. The fraction of sp³-hybridized carbons (Fsp3) is 0.333. The molecule has 1 unspecified atom stereocenters. The predicted octanol–water partition coefficient (Wildman–Crippen LogP) is 4.91. The molecule has 0 aliphatic carbocycles. The third-order valence-electron chi connectivity index (χ3n) is 5.80. The molecule has 8 heteroatoms. The molecule has 5 rings (SSSR count). The van der Waals surface area contributed by atoms with Crippen LogP contribution >= 0.6 is 11.8 Å². The lowest BCUT2D eigenvalue weighted by molar-refractivity contribution is 0.0953. The Balaban J connectivity index is 1.48. The molecule has 7 nitrogen and oxygen atoms in total. The maximum atomic E-state index is 5.94. The van der Waals surface area contributed by atoms with Gasteiger partial charge in [0.1, 0.15) is 11.5 Å². The van der Waals surface area contributed by atoms with Gasteiger partial charge in [-0.3, -0.25) is 4.57 Å². The van der Waals surface area contributed by atoms with Crippen LogP contribution in [0.2, 0.25) is 0 Å². The van der Waals surface area contributed by atoms with Gasteiger partial charge in [0, 0.05) is 40.6 Å². The van der Waals surface area contributed by atoms with Crippen LogP contribution in [0.1, 0.15) is 18.4 Å². The van der Waals surface area contributed by atoms with Crippen LogP contribution in [0.3, 0.4) is 0 Å². The maximum absolute atomic E-state index is 5.94. The van der Waals surface area contributed by atoms with Crippen LogP contribution < -0.4 is 9.47 Å². The summed E-state index contributed by atoms with van der Waals surface area (Å²) in [5.41, 5.74) is 3.19. The second-order valence-electron chi connectivity index (χ2n) is 7.77. The van der Waals surface area contributed by atoms with Crippen LogP contribution in [0.15, 0.2) is 53.8 Å². The molecule has 2 aromatic carbocycles. The van der Waals surface area contributed by atoms with Gasteiger partial charge in [-0.15, -0.1) is 10.2 Å². The van der Waals surface area contributed by atoms with Crippen LogP contribution in [-0.4, -0.2) is 46.7 Å². The van der Waals surface area contributed by atoms with Crippen LogP contribution in [0.25, 0.3) is 22.3 Å². The van der Waals surface area contributed by atoms with Crippen molar-refractivity contribution >= 4 is 22.7 Å². The van der Waals surface area contributed by atoms with Crippen molar-refractivity contribution in [2.45, 2.75) is 36.4 Å². The zero-order valence-electron chi connectivity index (χ0n) is 18.2. The zero-order chi connectivity index (χ0) is 21.9. The van der Waals surface area contributed by atoms with Gasteiger partial charge in [-0.25, -0.2) is 0 Å². The van der Waals surface area contributed by atoms with E-state index in [1.165, 1.54) is 0 Å². The van der Waals surface area contributed by atoms with Gasteiger partial charge >= 0.3 is 0 Å². The van der Waals surface area contributed by atoms with Gasteiger partial charge in [-0.2, -0.15) is 0 Å². The molecule has 4 aromatic rings. The molecule has 0 spiro atoms. The summed E-state index contributed by atoms with van der Waals surface area (Å²) in [7, 11) is 3.36. The number of methoxy groups -OCH3 is 2. The highest BCUT2D eigenvalue weighted by atomic mass is 32.2. The molecule has 32 heavy (non-hydrogen) atoms. The van der Waals surface area contributed by atoms with Gasteiger partial charge in [0.15, 0.2) is 11.0 Å². The first-order chi connectivity index (χ1) is 15.8. The van der Waals surface area contributed by atoms with Crippen LogP contribution in [0.5, 0.6) is 11.5 Å². The first-order valence-corrected chi connectivity index (χ1v) is 11.7. The molecule has 166 valence electrons. The van der Waals surface area contributed by atoms with Crippen molar-refractivity contribution < 1.29 is 14.2 Å². The number of ether oxygens (including phenoxy) is 3. The number of benzene rings is 2. The van der Waals surface area contributed by atoms with Gasteiger partial charge in [0.2, 0.25) is 0 Å². The van der Waals surface area contributed by atoms with E-state index in [0.29, 0.717) is 5.75 Å². The highest BCUT2D eigenvalue weighted by Crippen LogP contribution is 2.34. The monoisotopic (exact) mass is 450 g/mol. The number of thioether (sulfide) groups is 1. The van der Waals surface area contributed by atoms with Crippen molar-refractivity contribution in [3.05, 3.63) is 54.2 Å². The van der Waals surface area contributed by atoms with Crippen LogP contribution in [-0.2, 0) is 17.0 Å². The summed E-state index contributed by atoms with van der Waals surface area (Å²) in [6.07, 6.45) is 4.35. The molecule has 0 radical (unpaired) electrons. The van der Waals surface area contributed by atoms with Gasteiger partial charge in [-0.05, 0) is 37.1 Å². The minimum Gasteiger partial charge on any atom is -0.497 e. The van der Waals surface area contributed by atoms with Crippen molar-refractivity contribution in [2.24, 2.45) is 0 Å². The molecular formula is C24H26N4O3S. The minimum absolute atomic E-state index is 0.181. The Hall–Kier alpha value is -2.97. The third kappa shape index (κ3) is 4.08. The summed E-state index contributed by atoms with van der Waals surface area (Å²) in [5.74, 6) is 3.19. The van der Waals surface area contributed by atoms with Gasteiger partial charge < -0.3 is 19.2 Å². The molecule has 0 saturated carbocycles. The number of nitrogens with one attached hydrogen (secondary N) is 1. The number of fused-ring (bicyclic) bond motifs is 1. The molecule has 3 heterocycles. The smallest absolute Gasteiger partial charge is 0.191 e. The predicted molar refractivity (Wildman–Crippen MR) is 125 cm³/mol. The number of H-pyrrole nitrogens is 1. The van der Waals surface area contributed by atoms with E-state index in [-0.39, 0.29) is 6.10 Å². The normalized spacial score (nSPS) is 16.0. The fourth-order valence-electron chi connectivity index (χ4n) is 4.14. The number of hydrogen-bond donors (Lipinski definition) is 1. The lowest BCUT2D eigenvalue weighted by atomic mass is 10.1. The number of para-hydroxylation sites is 1. The molecule has 0 bridgehead atoms. The summed E-state index contributed by atoms with van der Waals surface area (Å²) < 4.78 is 19.1. The van der Waals surface area contributed by atoms with Gasteiger partial charge in [0.25, 0.3) is 0 Å². The van der Waals surface area contributed by atoms with Crippen LogP contribution in [0.4, 0.5) is 0 Å². The lowest BCUT2D eigenvalue weighted by Gasteiger charge is -2.15. The van der Waals surface area contributed by atoms with E-state index in [1.54, 1.807) is 26.0 Å². The Labute approximate surface area is 191 Å². The highest BCUT2D eigenvalue weighted by molar-refractivity contribution is 7.98. The fourth-order valence-corrected chi connectivity index (χ4v) is 5.07. The van der Waals surface area contributed by atoms with Crippen molar-refractivity contribution in [1.82, 2.24) is 19.7 Å². The minimum atomic E-state index is 0.181. The quantitative estimate of drug-likeness (QED) is 0.384. The van der Waals surface area contributed by atoms with E-state index in [1.807, 2.05) is 36.5 Å². The molecule has 2 aromatic heterocycles. The summed E-state index contributed by atoms with van der Waals surface area (Å²) in [6.45, 7) is 1.55. The van der Waals surface area contributed by atoms with E-state index in [4.69, 9.17) is 14.2 Å². The zero-order valence-corrected chi connectivity index (χ0v) is 19.0. The highest BCUT2D eigenvalue weighted by Gasteiger charge is 2.23. The van der Waals surface area contributed by atoms with E-state index in [9.17, 15) is 0 Å². The molecule has 1 aliphatic rings. The van der Waals surface area contributed by atoms with E-state index < -0.39 is 0 Å². The Kier molecular flexibility index (Phi) is 6.05. The maximum Gasteiger partial charge on any atom is 0.191 e. The summed E-state index contributed by atoms with van der Waals surface area (Å²) >= 11 is 1.64. The first-order valence-electron chi connectivity index (χ1n) is 10.7. The molecule has 1 fully saturated rings. The average molecular weight is 451 g/mol. The number of aromatic nitrogens is 4. The summed E-state index contributed by atoms with van der Waals surface area (Å²) in [5, 5.41) is 11.2. The van der Waals surface area contributed by atoms with Crippen LogP contribution in [0, 0.1) is 0 Å². The number of nitrogens with zero attached hydrogens (tertiary/aromatic N) is 3. The van der Waals surface area contributed by atoms with Crippen molar-refractivity contribution in [2.75, 3.05) is 20.8 Å². The van der Waals surface area contributed by atoms with E-state index >= 15 is 0 Å². The molecule has 0 amide bonds. The van der Waals surface area contributed by atoms with Gasteiger partial charge in [0.05, 0.1) is 26.9 Å². The SMILES string of the molecule is COc1ccc(OC)c(CSc2nnc(-c3c[nH]c4ccccc34)n2CC2CCCO2)c1. The second kappa shape index (κ2) is 9.26.